The molecule has 0 aliphatic heterocycles. The van der Waals surface area contributed by atoms with E-state index < -0.39 is 11.7 Å². The topological polar surface area (TPSA) is 40.2 Å². The lowest BCUT2D eigenvalue weighted by Gasteiger charge is -2.05. The number of hydrogen-bond acceptors (Lipinski definition) is 1. The highest BCUT2D eigenvalue weighted by molar-refractivity contribution is 14.1. The van der Waals surface area contributed by atoms with E-state index in [0.717, 1.165) is 6.07 Å². The van der Waals surface area contributed by atoms with Crippen molar-refractivity contribution in [1.29, 1.82) is 0 Å². The van der Waals surface area contributed by atoms with Crippen LogP contribution in [0, 0.1) is 3.57 Å². The third-order valence-corrected chi connectivity index (χ3v) is 1.87. The first-order valence-corrected chi connectivity index (χ1v) is 4.03. The summed E-state index contributed by atoms with van der Waals surface area (Å²) in [6, 6.07) is 0.992. The van der Waals surface area contributed by atoms with Gasteiger partial charge in [0.25, 0.3) is 5.82 Å². The Morgan fingerprint density at radius 2 is 2.00 bits per heavy atom. The van der Waals surface area contributed by atoms with Gasteiger partial charge in [0.15, 0.2) is 0 Å². The van der Waals surface area contributed by atoms with Crippen molar-refractivity contribution in [2.45, 2.75) is 6.18 Å². The van der Waals surface area contributed by atoms with Crippen LogP contribution in [0.25, 0.3) is 0 Å². The van der Waals surface area contributed by atoms with E-state index in [9.17, 15) is 13.2 Å². The summed E-state index contributed by atoms with van der Waals surface area (Å²) in [4.78, 5) is 2.32. The summed E-state index contributed by atoms with van der Waals surface area (Å²) in [5, 5.41) is 0. The van der Waals surface area contributed by atoms with E-state index in [1.807, 2.05) is 0 Å². The maximum Gasteiger partial charge on any atom is 0.424 e. The van der Waals surface area contributed by atoms with E-state index in [4.69, 9.17) is 5.73 Å². The van der Waals surface area contributed by atoms with Crippen molar-refractivity contribution < 1.29 is 18.2 Å². The normalized spacial score (nSPS) is 11.7. The van der Waals surface area contributed by atoms with Gasteiger partial charge in [0.1, 0.15) is 11.8 Å². The molecule has 1 heterocycles. The second-order valence-electron chi connectivity index (χ2n) is 2.14. The molecule has 1 aromatic heterocycles. The number of nitrogens with two attached hydrogens (primary N) is 1. The van der Waals surface area contributed by atoms with Crippen molar-refractivity contribution in [1.82, 2.24) is 0 Å². The number of aromatic amines is 1. The molecule has 0 radical (unpaired) electrons. The quantitative estimate of drug-likeness (QED) is 0.726. The smallest absolute Gasteiger partial charge is 0.287 e. The largest absolute Gasteiger partial charge is 0.424 e. The van der Waals surface area contributed by atoms with Gasteiger partial charge in [-0.3, -0.25) is 5.73 Å². The summed E-state index contributed by atoms with van der Waals surface area (Å²) >= 11 is 1.78. The van der Waals surface area contributed by atoms with Crippen LogP contribution in [-0.2, 0) is 6.18 Å². The van der Waals surface area contributed by atoms with E-state index in [-0.39, 0.29) is 5.82 Å². The molecule has 6 heteroatoms. The fourth-order valence-electron chi connectivity index (χ4n) is 0.716. The minimum Gasteiger partial charge on any atom is -0.287 e. The first kappa shape index (κ1) is 9.56. The number of aromatic nitrogens is 1. The Bertz CT molecular complexity index is 297. The van der Waals surface area contributed by atoms with E-state index in [0.29, 0.717) is 3.57 Å². The van der Waals surface area contributed by atoms with Crippen LogP contribution in [0.1, 0.15) is 5.56 Å². The summed E-state index contributed by atoms with van der Waals surface area (Å²) in [6.07, 6.45) is -2.98. The van der Waals surface area contributed by atoms with Crippen LogP contribution in [-0.4, -0.2) is 0 Å². The third kappa shape index (κ3) is 1.99. The number of pyridine rings is 1. The van der Waals surface area contributed by atoms with Crippen LogP contribution in [0.3, 0.4) is 0 Å². The zero-order chi connectivity index (χ0) is 9.35. The molecule has 1 aromatic rings. The molecule has 0 saturated heterocycles. The zero-order valence-corrected chi connectivity index (χ0v) is 7.90. The molecule has 0 saturated carbocycles. The van der Waals surface area contributed by atoms with Crippen LogP contribution in [0.4, 0.5) is 19.0 Å². The number of hydrogen-bond donors (Lipinski definition) is 1. The Morgan fingerprint density at radius 3 is 2.42 bits per heavy atom. The minimum atomic E-state index is -4.39. The highest BCUT2D eigenvalue weighted by Gasteiger charge is 2.36. The molecular formula is C6H5F3IN2+. The van der Waals surface area contributed by atoms with Crippen molar-refractivity contribution in [3.8, 4) is 0 Å². The van der Waals surface area contributed by atoms with Gasteiger partial charge in [0.2, 0.25) is 0 Å². The number of alkyl halides is 3. The molecule has 0 aliphatic carbocycles. The molecule has 2 nitrogen and oxygen atoms in total. The number of rotatable bonds is 0. The minimum absolute atomic E-state index is 0.358. The Hall–Kier alpha value is -0.530. The van der Waals surface area contributed by atoms with Crippen molar-refractivity contribution in [2.75, 3.05) is 5.73 Å². The summed E-state index contributed by atoms with van der Waals surface area (Å²) in [7, 11) is 0. The fourth-order valence-corrected chi connectivity index (χ4v) is 1.18. The van der Waals surface area contributed by atoms with Crippen molar-refractivity contribution in [3.05, 3.63) is 21.4 Å². The van der Waals surface area contributed by atoms with E-state index in [1.54, 1.807) is 22.6 Å². The van der Waals surface area contributed by atoms with Gasteiger partial charge in [0, 0.05) is 0 Å². The molecule has 0 aromatic carbocycles. The van der Waals surface area contributed by atoms with Gasteiger partial charge in [-0.2, -0.15) is 13.2 Å². The van der Waals surface area contributed by atoms with Crippen LogP contribution in [0.5, 0.6) is 0 Å². The first-order valence-electron chi connectivity index (χ1n) is 2.95. The standard InChI is InChI=1S/C6H4F3IN2/c7-6(8,9)4-1-3(10)2-12-5(4)11/h1-2H,(H2,11,12)/p+1. The molecule has 1 rings (SSSR count). The highest BCUT2D eigenvalue weighted by atomic mass is 127. The summed E-state index contributed by atoms with van der Waals surface area (Å²) < 4.78 is 36.8. The maximum atomic E-state index is 12.1. The highest BCUT2D eigenvalue weighted by Crippen LogP contribution is 2.31. The summed E-state index contributed by atoms with van der Waals surface area (Å²) in [5.74, 6) is -0.358. The van der Waals surface area contributed by atoms with E-state index in [1.165, 1.54) is 6.20 Å². The second-order valence-corrected chi connectivity index (χ2v) is 3.39. The third-order valence-electron chi connectivity index (χ3n) is 1.24. The van der Waals surface area contributed by atoms with Crippen molar-refractivity contribution in [3.63, 3.8) is 0 Å². The number of nitrogens with one attached hydrogen (secondary N) is 1. The molecule has 0 fully saturated rings. The molecule has 0 atom stereocenters. The predicted molar refractivity (Wildman–Crippen MR) is 45.1 cm³/mol. The molecule has 0 spiro atoms. The maximum absolute atomic E-state index is 12.1. The van der Waals surface area contributed by atoms with Gasteiger partial charge in [-0.15, -0.1) is 0 Å². The number of H-pyrrole nitrogens is 1. The lowest BCUT2D eigenvalue weighted by Crippen LogP contribution is -2.19. The Labute approximate surface area is 80.1 Å². The molecule has 0 aliphatic rings. The van der Waals surface area contributed by atoms with Crippen molar-refractivity contribution >= 4 is 28.4 Å². The zero-order valence-electron chi connectivity index (χ0n) is 5.74. The molecule has 12 heavy (non-hydrogen) atoms. The molecule has 66 valence electrons. The molecule has 0 bridgehead atoms. The van der Waals surface area contributed by atoms with Crippen LogP contribution < -0.4 is 10.7 Å². The Morgan fingerprint density at radius 1 is 1.42 bits per heavy atom. The Balaban J connectivity index is 3.23. The second kappa shape index (κ2) is 3.08. The van der Waals surface area contributed by atoms with Gasteiger partial charge in [-0.1, -0.05) is 0 Å². The molecule has 0 unspecified atom stereocenters. The summed E-state index contributed by atoms with van der Waals surface area (Å²) in [6.45, 7) is 0. The lowest BCUT2D eigenvalue weighted by molar-refractivity contribution is -0.364. The van der Waals surface area contributed by atoms with Gasteiger partial charge in [-0.25, -0.2) is 4.98 Å². The van der Waals surface area contributed by atoms with Gasteiger partial charge >= 0.3 is 6.18 Å². The Kier molecular flexibility index (Phi) is 2.45. The van der Waals surface area contributed by atoms with E-state index in [2.05, 4.69) is 4.98 Å². The van der Waals surface area contributed by atoms with E-state index >= 15 is 0 Å². The number of halogens is 4. The van der Waals surface area contributed by atoms with Gasteiger partial charge in [-0.05, 0) is 28.7 Å². The SMILES string of the molecule is Nc1[nH+]cc(I)cc1C(F)(F)F. The average Bonchev–Trinajstić information content (AvgIpc) is 1.92. The first-order chi connectivity index (χ1) is 5.41. The molecular weight excluding hydrogens is 284 g/mol. The van der Waals surface area contributed by atoms with Crippen LogP contribution in [0.2, 0.25) is 0 Å². The van der Waals surface area contributed by atoms with Crippen molar-refractivity contribution in [2.24, 2.45) is 0 Å². The summed E-state index contributed by atoms with van der Waals surface area (Å²) in [5.41, 5.74) is 4.27. The van der Waals surface area contributed by atoms with Crippen LogP contribution in [0.15, 0.2) is 12.3 Å². The number of anilines is 1. The van der Waals surface area contributed by atoms with Gasteiger partial charge < -0.3 is 0 Å². The average molecular weight is 289 g/mol. The fraction of sp³-hybridized carbons (Fsp3) is 0.167. The van der Waals surface area contributed by atoms with Gasteiger partial charge in [0.05, 0.1) is 3.57 Å². The lowest BCUT2D eigenvalue weighted by atomic mass is 10.2. The van der Waals surface area contributed by atoms with Crippen LogP contribution >= 0.6 is 22.6 Å². The predicted octanol–water partition coefficient (Wildman–Crippen LogP) is 1.71. The molecule has 3 N–H and O–H groups in total. The monoisotopic (exact) mass is 289 g/mol. The number of nitrogen functional groups attached to an aromatic ring is 1. The molecule has 0 amide bonds.